The van der Waals surface area contributed by atoms with Crippen LogP contribution in [-0.4, -0.2) is 49.0 Å². The third kappa shape index (κ3) is 5.13. The maximum Gasteiger partial charge on any atom is 0.325 e. The molecule has 8 nitrogen and oxygen atoms in total. The molecule has 1 saturated heterocycles. The molecule has 1 aliphatic heterocycles. The summed E-state index contributed by atoms with van der Waals surface area (Å²) in [6.07, 6.45) is 0.341. The minimum Gasteiger partial charge on any atom is -0.494 e. The number of halogens is 1. The highest BCUT2D eigenvalue weighted by atomic mass is 35.5. The van der Waals surface area contributed by atoms with Crippen LogP contribution in [0.25, 0.3) is 0 Å². The van der Waals surface area contributed by atoms with Gasteiger partial charge in [-0.2, -0.15) is 0 Å². The Morgan fingerprint density at radius 3 is 2.25 bits per heavy atom. The number of urea groups is 1. The van der Waals surface area contributed by atoms with E-state index in [-0.39, 0.29) is 19.7 Å². The number of hydrogen-bond acceptors (Lipinski definition) is 5. The van der Waals surface area contributed by atoms with Gasteiger partial charge in [-0.3, -0.25) is 14.5 Å². The lowest BCUT2D eigenvalue weighted by Crippen LogP contribution is -2.45. The van der Waals surface area contributed by atoms with Gasteiger partial charge in [-0.25, -0.2) is 4.79 Å². The molecule has 2 aromatic rings. The van der Waals surface area contributed by atoms with Crippen LogP contribution in [0.15, 0.2) is 48.5 Å². The van der Waals surface area contributed by atoms with E-state index in [0.29, 0.717) is 29.4 Å². The van der Waals surface area contributed by atoms with E-state index < -0.39 is 23.4 Å². The summed E-state index contributed by atoms with van der Waals surface area (Å²) in [5.74, 6) is 0.482. The van der Waals surface area contributed by atoms with Crippen LogP contribution in [0.3, 0.4) is 0 Å². The van der Waals surface area contributed by atoms with E-state index in [1.165, 1.54) is 0 Å². The summed E-state index contributed by atoms with van der Waals surface area (Å²) in [4.78, 5) is 38.8. The molecule has 2 aromatic carbocycles. The van der Waals surface area contributed by atoms with Gasteiger partial charge in [0.25, 0.3) is 5.91 Å². The zero-order chi connectivity index (χ0) is 23.1. The number of carbonyl (C=O) groups is 3. The lowest BCUT2D eigenvalue weighted by Gasteiger charge is -2.25. The minimum atomic E-state index is -1.21. The predicted molar refractivity (Wildman–Crippen MR) is 120 cm³/mol. The molecule has 2 N–H and O–H groups in total. The molecule has 1 unspecified atom stereocenters. The van der Waals surface area contributed by atoms with Crippen LogP contribution >= 0.6 is 11.6 Å². The Balaban J connectivity index is 1.51. The molecule has 170 valence electrons. The number of benzene rings is 2. The van der Waals surface area contributed by atoms with Crippen molar-refractivity contribution in [2.75, 3.05) is 26.3 Å². The van der Waals surface area contributed by atoms with Gasteiger partial charge in [0, 0.05) is 5.02 Å². The van der Waals surface area contributed by atoms with Crippen LogP contribution in [0, 0.1) is 0 Å². The third-order valence-corrected chi connectivity index (χ3v) is 5.42. The minimum absolute atomic E-state index is 0.228. The fourth-order valence-electron chi connectivity index (χ4n) is 3.50. The van der Waals surface area contributed by atoms with E-state index in [4.69, 9.17) is 21.1 Å². The number of nitrogens with zero attached hydrogens (tertiary/aromatic N) is 1. The molecular weight excluding hydrogens is 434 g/mol. The maximum atomic E-state index is 13.1. The Bertz CT molecular complexity index is 965. The van der Waals surface area contributed by atoms with Gasteiger partial charge in [0.1, 0.15) is 30.2 Å². The molecule has 0 radical (unpaired) electrons. The zero-order valence-electron chi connectivity index (χ0n) is 18.0. The number of rotatable bonds is 10. The van der Waals surface area contributed by atoms with Crippen LogP contribution in [-0.2, 0) is 15.1 Å². The number of amides is 4. The molecule has 0 spiro atoms. The first-order valence-corrected chi connectivity index (χ1v) is 10.8. The Kier molecular flexibility index (Phi) is 7.58. The molecule has 3 rings (SSSR count). The van der Waals surface area contributed by atoms with Gasteiger partial charge in [0.05, 0.1) is 13.2 Å². The Morgan fingerprint density at radius 2 is 1.66 bits per heavy atom. The largest absolute Gasteiger partial charge is 0.494 e. The molecule has 0 aliphatic carbocycles. The van der Waals surface area contributed by atoms with Crippen LogP contribution in [0.2, 0.25) is 5.02 Å². The van der Waals surface area contributed by atoms with Crippen molar-refractivity contribution in [3.05, 3.63) is 59.1 Å². The molecule has 1 aliphatic rings. The molecule has 1 heterocycles. The lowest BCUT2D eigenvalue weighted by molar-refractivity contribution is -0.135. The van der Waals surface area contributed by atoms with Crippen molar-refractivity contribution in [3.8, 4) is 11.5 Å². The van der Waals surface area contributed by atoms with Crippen LogP contribution in [0.4, 0.5) is 4.79 Å². The fraction of sp³-hybridized carbons (Fsp3) is 0.348. The summed E-state index contributed by atoms with van der Waals surface area (Å²) in [7, 11) is 0. The van der Waals surface area contributed by atoms with Crippen molar-refractivity contribution < 1.29 is 23.9 Å². The van der Waals surface area contributed by atoms with E-state index in [9.17, 15) is 14.4 Å². The van der Waals surface area contributed by atoms with Gasteiger partial charge in [-0.15, -0.1) is 0 Å². The molecule has 32 heavy (non-hydrogen) atoms. The molecule has 0 bridgehead atoms. The molecule has 9 heteroatoms. The fourth-order valence-corrected chi connectivity index (χ4v) is 3.63. The van der Waals surface area contributed by atoms with Gasteiger partial charge in [-0.05, 0) is 55.3 Å². The highest BCUT2D eigenvalue weighted by molar-refractivity contribution is 6.30. The van der Waals surface area contributed by atoms with Crippen molar-refractivity contribution in [1.82, 2.24) is 15.5 Å². The van der Waals surface area contributed by atoms with E-state index in [1.807, 2.05) is 6.92 Å². The number of hydrogen-bond donors (Lipinski definition) is 2. The number of imide groups is 1. The Hall–Kier alpha value is -3.26. The Morgan fingerprint density at radius 1 is 1.03 bits per heavy atom. The summed E-state index contributed by atoms with van der Waals surface area (Å²) in [5.41, 5.74) is -0.590. The van der Waals surface area contributed by atoms with Crippen molar-refractivity contribution in [2.24, 2.45) is 0 Å². The van der Waals surface area contributed by atoms with Crippen molar-refractivity contribution in [1.29, 1.82) is 0 Å². The number of carbonyl (C=O) groups excluding carboxylic acids is 3. The highest BCUT2D eigenvalue weighted by Crippen LogP contribution is 2.33. The van der Waals surface area contributed by atoms with E-state index in [2.05, 4.69) is 10.6 Å². The summed E-state index contributed by atoms with van der Waals surface area (Å²) in [5, 5.41) is 5.93. The van der Waals surface area contributed by atoms with Crippen molar-refractivity contribution in [3.63, 3.8) is 0 Å². The smallest absolute Gasteiger partial charge is 0.325 e. The maximum absolute atomic E-state index is 13.1. The third-order valence-electron chi connectivity index (χ3n) is 5.17. The van der Waals surface area contributed by atoms with Gasteiger partial charge >= 0.3 is 6.03 Å². The van der Waals surface area contributed by atoms with Gasteiger partial charge < -0.3 is 20.1 Å². The van der Waals surface area contributed by atoms with E-state index >= 15 is 0 Å². The lowest BCUT2D eigenvalue weighted by atomic mass is 9.87. The Labute approximate surface area is 191 Å². The zero-order valence-corrected chi connectivity index (χ0v) is 18.8. The van der Waals surface area contributed by atoms with Crippen LogP contribution < -0.4 is 20.1 Å². The molecule has 0 saturated carbocycles. The SMILES string of the molecule is CCOc1ccc(OCCNC(=O)CN2C(=O)NC(CC)(c3ccc(Cl)cc3)C2=O)cc1. The summed E-state index contributed by atoms with van der Waals surface area (Å²) in [6, 6.07) is 13.3. The standard InChI is InChI=1S/C23H26ClN3O5/c1-3-23(16-5-7-17(24)8-6-16)21(29)27(22(30)26-23)15-20(28)25-13-14-32-19-11-9-18(10-12-19)31-4-2/h5-12H,3-4,13-15H2,1-2H3,(H,25,28)(H,26,30). The average molecular weight is 460 g/mol. The van der Waals surface area contributed by atoms with Crippen LogP contribution in [0.5, 0.6) is 11.5 Å². The van der Waals surface area contributed by atoms with Gasteiger partial charge in [-0.1, -0.05) is 30.7 Å². The van der Waals surface area contributed by atoms with E-state index in [1.54, 1.807) is 55.5 Å². The monoisotopic (exact) mass is 459 g/mol. The predicted octanol–water partition coefficient (Wildman–Crippen LogP) is 3.09. The summed E-state index contributed by atoms with van der Waals surface area (Å²) >= 11 is 5.94. The van der Waals surface area contributed by atoms with E-state index in [0.717, 1.165) is 10.6 Å². The molecule has 0 aromatic heterocycles. The first-order valence-electron chi connectivity index (χ1n) is 10.4. The van der Waals surface area contributed by atoms with Gasteiger partial charge in [0.2, 0.25) is 5.91 Å². The summed E-state index contributed by atoms with van der Waals surface area (Å²) < 4.78 is 11.0. The number of ether oxygens (including phenoxy) is 2. The topological polar surface area (TPSA) is 97.0 Å². The second-order valence-electron chi connectivity index (χ2n) is 7.19. The van der Waals surface area contributed by atoms with Crippen LogP contribution in [0.1, 0.15) is 25.8 Å². The quantitative estimate of drug-likeness (QED) is 0.420. The first-order chi connectivity index (χ1) is 15.4. The molecule has 1 fully saturated rings. The normalized spacial score (nSPS) is 17.8. The second kappa shape index (κ2) is 10.4. The molecule has 1 atom stereocenters. The average Bonchev–Trinajstić information content (AvgIpc) is 3.03. The first kappa shape index (κ1) is 23.4. The molecule has 4 amide bonds. The number of nitrogens with one attached hydrogen (secondary N) is 2. The van der Waals surface area contributed by atoms with Crippen molar-refractivity contribution in [2.45, 2.75) is 25.8 Å². The van der Waals surface area contributed by atoms with Gasteiger partial charge in [0.15, 0.2) is 0 Å². The highest BCUT2D eigenvalue weighted by Gasteiger charge is 2.51. The molecular formula is C23H26ClN3O5. The second-order valence-corrected chi connectivity index (χ2v) is 7.63. The summed E-state index contributed by atoms with van der Waals surface area (Å²) in [6.45, 7) is 4.39. The van der Waals surface area contributed by atoms with Crippen molar-refractivity contribution >= 4 is 29.4 Å².